The zero-order chi connectivity index (χ0) is 13.9. The van der Waals surface area contributed by atoms with E-state index in [-0.39, 0.29) is 5.91 Å². The molecule has 0 atom stereocenters. The van der Waals surface area contributed by atoms with E-state index in [9.17, 15) is 4.79 Å². The van der Waals surface area contributed by atoms with Crippen molar-refractivity contribution in [1.29, 1.82) is 0 Å². The van der Waals surface area contributed by atoms with Crippen LogP contribution in [-0.4, -0.2) is 19.0 Å². The molecule has 3 N–H and O–H groups in total. The molecule has 1 aromatic heterocycles. The molecule has 20 heavy (non-hydrogen) atoms. The fourth-order valence-electron chi connectivity index (χ4n) is 2.73. The predicted octanol–water partition coefficient (Wildman–Crippen LogP) is 2.22. The minimum atomic E-state index is 0.0436. The zero-order valence-corrected chi connectivity index (χ0v) is 12.3. The molecule has 2 saturated carbocycles. The highest BCUT2D eigenvalue weighted by Crippen LogP contribution is 2.48. The van der Waals surface area contributed by atoms with Crippen molar-refractivity contribution in [2.75, 3.05) is 13.1 Å². The standard InChI is InChI=1S/C16H20N2OS/c17-9-1-2-13-7-8-15(20-13)16(19)18-10-14(11-3-4-11)12-5-6-12/h7-8,11-12,14H,3-6,9-10,17H2,(H,18,19). The number of carbonyl (C=O) groups is 1. The lowest BCUT2D eigenvalue weighted by atomic mass is 9.98. The Morgan fingerprint density at radius 1 is 1.35 bits per heavy atom. The number of thiophene rings is 1. The lowest BCUT2D eigenvalue weighted by Crippen LogP contribution is -2.30. The fraction of sp³-hybridized carbons (Fsp3) is 0.562. The van der Waals surface area contributed by atoms with E-state index in [1.165, 1.54) is 37.0 Å². The monoisotopic (exact) mass is 288 g/mol. The molecule has 2 aliphatic rings. The normalized spacial score (nSPS) is 17.7. The summed E-state index contributed by atoms with van der Waals surface area (Å²) >= 11 is 1.44. The van der Waals surface area contributed by atoms with Crippen LogP contribution in [-0.2, 0) is 0 Å². The van der Waals surface area contributed by atoms with Crippen molar-refractivity contribution in [2.24, 2.45) is 23.5 Å². The van der Waals surface area contributed by atoms with E-state index in [0.29, 0.717) is 6.54 Å². The van der Waals surface area contributed by atoms with Crippen molar-refractivity contribution in [3.05, 3.63) is 21.9 Å². The molecular weight excluding hydrogens is 268 g/mol. The Morgan fingerprint density at radius 2 is 2.05 bits per heavy atom. The van der Waals surface area contributed by atoms with E-state index in [4.69, 9.17) is 5.73 Å². The highest BCUT2D eigenvalue weighted by molar-refractivity contribution is 7.14. The average molecular weight is 288 g/mol. The fourth-order valence-corrected chi connectivity index (χ4v) is 3.53. The minimum Gasteiger partial charge on any atom is -0.351 e. The number of hydrogen-bond donors (Lipinski definition) is 2. The molecule has 3 rings (SSSR count). The Balaban J connectivity index is 1.54. The van der Waals surface area contributed by atoms with Gasteiger partial charge in [0.25, 0.3) is 5.91 Å². The van der Waals surface area contributed by atoms with Gasteiger partial charge in [0.05, 0.1) is 16.3 Å². The second-order valence-corrected chi connectivity index (χ2v) is 6.80. The van der Waals surface area contributed by atoms with Crippen LogP contribution in [0.4, 0.5) is 0 Å². The first-order valence-corrected chi connectivity index (χ1v) is 8.16. The summed E-state index contributed by atoms with van der Waals surface area (Å²) in [6.45, 7) is 1.19. The maximum absolute atomic E-state index is 12.1. The summed E-state index contributed by atoms with van der Waals surface area (Å²) in [5.74, 6) is 8.28. The van der Waals surface area contributed by atoms with Gasteiger partial charge >= 0.3 is 0 Å². The molecule has 0 bridgehead atoms. The van der Waals surface area contributed by atoms with E-state index in [1.807, 2.05) is 12.1 Å². The molecule has 2 fully saturated rings. The van der Waals surface area contributed by atoms with E-state index in [0.717, 1.165) is 34.1 Å². The smallest absolute Gasteiger partial charge is 0.261 e. The van der Waals surface area contributed by atoms with Gasteiger partial charge in [-0.1, -0.05) is 11.8 Å². The summed E-state index contributed by atoms with van der Waals surface area (Å²) in [5, 5.41) is 3.11. The summed E-state index contributed by atoms with van der Waals surface area (Å²) in [4.78, 5) is 13.8. The first-order valence-electron chi connectivity index (χ1n) is 7.35. The Bertz CT molecular complexity index is 534. The zero-order valence-electron chi connectivity index (χ0n) is 11.5. The lowest BCUT2D eigenvalue weighted by Gasteiger charge is -2.15. The third kappa shape index (κ3) is 3.41. The number of carbonyl (C=O) groups excluding carboxylic acids is 1. The molecule has 0 aromatic carbocycles. The van der Waals surface area contributed by atoms with Crippen molar-refractivity contribution in [3.63, 3.8) is 0 Å². The highest BCUT2D eigenvalue weighted by Gasteiger charge is 2.41. The average Bonchev–Trinajstić information content (AvgIpc) is 3.37. The summed E-state index contributed by atoms with van der Waals surface area (Å²) in [6.07, 6.45) is 5.42. The molecule has 0 aliphatic heterocycles. The Labute approximate surface area is 123 Å². The van der Waals surface area contributed by atoms with Crippen LogP contribution in [0.25, 0.3) is 0 Å². The molecule has 0 unspecified atom stereocenters. The maximum Gasteiger partial charge on any atom is 0.261 e. The van der Waals surface area contributed by atoms with Gasteiger partial charge in [-0.2, -0.15) is 0 Å². The molecule has 0 spiro atoms. The maximum atomic E-state index is 12.1. The molecule has 106 valence electrons. The van der Waals surface area contributed by atoms with Gasteiger partial charge in [0.1, 0.15) is 0 Å². The SMILES string of the molecule is NCC#Cc1ccc(C(=O)NCC(C2CC2)C2CC2)s1. The minimum absolute atomic E-state index is 0.0436. The summed E-state index contributed by atoms with van der Waals surface area (Å²) < 4.78 is 0. The van der Waals surface area contributed by atoms with Gasteiger partial charge < -0.3 is 11.1 Å². The van der Waals surface area contributed by atoms with E-state index >= 15 is 0 Å². The molecule has 0 radical (unpaired) electrons. The number of hydrogen-bond acceptors (Lipinski definition) is 3. The molecule has 2 aliphatic carbocycles. The van der Waals surface area contributed by atoms with Gasteiger partial charge in [-0.15, -0.1) is 11.3 Å². The quantitative estimate of drug-likeness (QED) is 0.816. The number of amides is 1. The predicted molar refractivity (Wildman–Crippen MR) is 81.5 cm³/mol. The van der Waals surface area contributed by atoms with Crippen LogP contribution in [0.5, 0.6) is 0 Å². The van der Waals surface area contributed by atoms with Crippen LogP contribution >= 0.6 is 11.3 Å². The summed E-state index contributed by atoms with van der Waals surface area (Å²) in [5.41, 5.74) is 5.34. The van der Waals surface area contributed by atoms with Crippen molar-refractivity contribution >= 4 is 17.2 Å². The van der Waals surface area contributed by atoms with Crippen molar-refractivity contribution in [3.8, 4) is 11.8 Å². The van der Waals surface area contributed by atoms with Crippen LogP contribution in [0, 0.1) is 29.6 Å². The molecular formula is C16H20N2OS. The molecule has 4 heteroatoms. The van der Waals surface area contributed by atoms with Crippen LogP contribution in [0.1, 0.15) is 40.2 Å². The van der Waals surface area contributed by atoms with Crippen molar-refractivity contribution < 1.29 is 4.79 Å². The van der Waals surface area contributed by atoms with E-state index < -0.39 is 0 Å². The number of nitrogens with one attached hydrogen (secondary N) is 1. The van der Waals surface area contributed by atoms with E-state index in [1.54, 1.807) is 0 Å². The molecule has 3 nitrogen and oxygen atoms in total. The number of rotatable bonds is 5. The third-order valence-electron chi connectivity index (χ3n) is 4.10. The van der Waals surface area contributed by atoms with Crippen LogP contribution in [0.2, 0.25) is 0 Å². The Hall–Kier alpha value is -1.31. The topological polar surface area (TPSA) is 55.1 Å². The third-order valence-corrected chi connectivity index (χ3v) is 5.10. The van der Waals surface area contributed by atoms with Crippen LogP contribution < -0.4 is 11.1 Å². The van der Waals surface area contributed by atoms with Crippen LogP contribution in [0.15, 0.2) is 12.1 Å². The summed E-state index contributed by atoms with van der Waals surface area (Å²) in [7, 11) is 0. The Morgan fingerprint density at radius 3 is 2.65 bits per heavy atom. The summed E-state index contributed by atoms with van der Waals surface area (Å²) in [6, 6.07) is 3.74. The van der Waals surface area contributed by atoms with Gasteiger partial charge in [-0.3, -0.25) is 4.79 Å². The van der Waals surface area contributed by atoms with Gasteiger partial charge in [0.2, 0.25) is 0 Å². The molecule has 1 amide bonds. The van der Waals surface area contributed by atoms with Gasteiger partial charge in [-0.25, -0.2) is 0 Å². The van der Waals surface area contributed by atoms with Gasteiger partial charge in [0, 0.05) is 6.54 Å². The van der Waals surface area contributed by atoms with Gasteiger partial charge in [-0.05, 0) is 55.6 Å². The molecule has 1 aromatic rings. The largest absolute Gasteiger partial charge is 0.351 e. The Kier molecular flexibility index (Phi) is 4.09. The van der Waals surface area contributed by atoms with Crippen molar-refractivity contribution in [1.82, 2.24) is 5.32 Å². The first-order chi connectivity index (χ1) is 9.78. The second kappa shape index (κ2) is 5.99. The van der Waals surface area contributed by atoms with Crippen molar-refractivity contribution in [2.45, 2.75) is 25.7 Å². The second-order valence-electron chi connectivity index (χ2n) is 5.72. The lowest BCUT2D eigenvalue weighted by molar-refractivity contribution is 0.0947. The van der Waals surface area contributed by atoms with E-state index in [2.05, 4.69) is 17.2 Å². The number of nitrogens with two attached hydrogens (primary N) is 1. The first kappa shape index (κ1) is 13.7. The molecule has 0 saturated heterocycles. The molecule has 1 heterocycles. The highest BCUT2D eigenvalue weighted by atomic mass is 32.1. The van der Waals surface area contributed by atoms with Gasteiger partial charge in [0.15, 0.2) is 0 Å². The van der Waals surface area contributed by atoms with Crippen LogP contribution in [0.3, 0.4) is 0 Å².